The van der Waals surface area contributed by atoms with Crippen molar-refractivity contribution >= 4 is 0 Å². The highest BCUT2D eigenvalue weighted by molar-refractivity contribution is 5.09. The van der Waals surface area contributed by atoms with Crippen molar-refractivity contribution in [2.75, 3.05) is 32.8 Å². The van der Waals surface area contributed by atoms with Crippen LogP contribution in [0.3, 0.4) is 0 Å². The van der Waals surface area contributed by atoms with Crippen molar-refractivity contribution in [2.45, 2.75) is 376 Å². The fourth-order valence-electron chi connectivity index (χ4n) is 12.1. The van der Waals surface area contributed by atoms with E-state index in [0.29, 0.717) is 13.0 Å². The summed E-state index contributed by atoms with van der Waals surface area (Å²) in [5.41, 5.74) is -2.69. The van der Waals surface area contributed by atoms with Gasteiger partial charge in [0.1, 0.15) is 42.7 Å². The van der Waals surface area contributed by atoms with E-state index >= 15 is 0 Å². The van der Waals surface area contributed by atoms with Crippen LogP contribution >= 0.6 is 0 Å². The van der Waals surface area contributed by atoms with Gasteiger partial charge in [0.05, 0.1) is 25.4 Å². The maximum atomic E-state index is 12.4. The summed E-state index contributed by atoms with van der Waals surface area (Å²) in [6, 6.07) is 0. The molecular formula is C64H128N2O13. The van der Waals surface area contributed by atoms with E-state index in [1.807, 2.05) is 0 Å². The van der Waals surface area contributed by atoms with Crippen LogP contribution in [0.25, 0.3) is 0 Å². The molecule has 0 saturated carbocycles. The molecule has 2 rings (SSSR count). The molecule has 0 aromatic rings. The summed E-state index contributed by atoms with van der Waals surface area (Å²) in [7, 11) is 0. The van der Waals surface area contributed by atoms with Gasteiger partial charge in [-0.15, -0.1) is 0 Å². The zero-order valence-electron chi connectivity index (χ0n) is 51.0. The lowest BCUT2D eigenvalue weighted by molar-refractivity contribution is -0.449. The molecule has 12 N–H and O–H groups in total. The van der Waals surface area contributed by atoms with Crippen LogP contribution in [0.15, 0.2) is 0 Å². The van der Waals surface area contributed by atoms with Gasteiger partial charge in [-0.25, -0.2) is 0 Å². The topological polar surface area (TPSA) is 254 Å². The van der Waals surface area contributed by atoms with Gasteiger partial charge < -0.3 is 70.6 Å². The lowest BCUT2D eigenvalue weighted by atomic mass is 9.82. The SMILES string of the molecule is CCCCCCCCCCCCCCCCCCCCCCCCN[C@@]1(O)[C@@H](O)[C@@H](O)[C@@H](CO)O[C@@]1(CC(C)O)O[C@H]1[C@@H](O)[C@@H](CO)O[C@](O)(CC(O)CNCCCCCCCCCCCCCCCCCCCCCC)[C@@H]1O. The van der Waals surface area contributed by atoms with Crippen molar-refractivity contribution in [2.24, 2.45) is 0 Å². The Labute approximate surface area is 482 Å². The van der Waals surface area contributed by atoms with Crippen LogP contribution in [-0.2, 0) is 14.2 Å². The van der Waals surface area contributed by atoms with E-state index in [4.69, 9.17) is 14.2 Å². The Hall–Kier alpha value is -0.600. The van der Waals surface area contributed by atoms with Crippen molar-refractivity contribution in [3.8, 4) is 0 Å². The van der Waals surface area contributed by atoms with E-state index in [1.54, 1.807) is 0 Å². The Morgan fingerprint density at radius 2 is 0.759 bits per heavy atom. The molecule has 0 aromatic heterocycles. The number of ether oxygens (including phenoxy) is 3. The highest BCUT2D eigenvalue weighted by Gasteiger charge is 2.68. The van der Waals surface area contributed by atoms with Gasteiger partial charge in [-0.3, -0.25) is 5.32 Å². The van der Waals surface area contributed by atoms with Crippen LogP contribution in [0.2, 0.25) is 0 Å². The minimum atomic E-state index is -2.69. The third-order valence-corrected chi connectivity index (χ3v) is 17.2. The van der Waals surface area contributed by atoms with Gasteiger partial charge in [0.15, 0.2) is 11.5 Å². The molecule has 2 aliphatic heterocycles. The molecule has 2 aliphatic rings. The largest absolute Gasteiger partial charge is 0.394 e. The fourth-order valence-corrected chi connectivity index (χ4v) is 12.1. The van der Waals surface area contributed by atoms with Gasteiger partial charge in [-0.1, -0.05) is 271 Å². The molecular weight excluding hydrogens is 1000 g/mol. The Bertz CT molecular complexity index is 1370. The van der Waals surface area contributed by atoms with Crippen LogP contribution in [0.4, 0.5) is 0 Å². The van der Waals surface area contributed by atoms with Crippen LogP contribution < -0.4 is 10.6 Å². The van der Waals surface area contributed by atoms with Gasteiger partial charge in [0, 0.05) is 19.4 Å². The molecule has 15 heteroatoms. The predicted molar refractivity (Wildman–Crippen MR) is 319 cm³/mol. The van der Waals surface area contributed by atoms with E-state index < -0.39 is 98.3 Å². The molecule has 0 radical (unpaired) electrons. The third-order valence-electron chi connectivity index (χ3n) is 17.2. The third kappa shape index (κ3) is 30.9. The lowest BCUT2D eigenvalue weighted by Crippen LogP contribution is -2.81. The van der Waals surface area contributed by atoms with Crippen molar-refractivity contribution in [3.63, 3.8) is 0 Å². The van der Waals surface area contributed by atoms with Crippen LogP contribution in [0, 0.1) is 0 Å². The maximum Gasteiger partial charge on any atom is 0.217 e. The number of hydrogen-bond donors (Lipinski definition) is 12. The summed E-state index contributed by atoms with van der Waals surface area (Å²) in [6.45, 7) is 5.03. The molecule has 0 bridgehead atoms. The van der Waals surface area contributed by atoms with Crippen molar-refractivity contribution in [1.29, 1.82) is 0 Å². The Morgan fingerprint density at radius 1 is 0.430 bits per heavy atom. The second-order valence-corrected chi connectivity index (χ2v) is 24.7. The zero-order chi connectivity index (χ0) is 57.9. The van der Waals surface area contributed by atoms with Crippen molar-refractivity contribution < 1.29 is 65.3 Å². The number of rotatable bonds is 55. The molecule has 0 aliphatic carbocycles. The molecule has 15 nitrogen and oxygen atoms in total. The smallest absolute Gasteiger partial charge is 0.217 e. The zero-order valence-corrected chi connectivity index (χ0v) is 51.0. The first-order valence-electron chi connectivity index (χ1n) is 33.5. The summed E-state index contributed by atoms with van der Waals surface area (Å²) in [6.07, 6.45) is 36.8. The number of unbranched alkanes of at least 4 members (excludes halogenated alkanes) is 40. The number of aliphatic hydroxyl groups excluding tert-OH is 8. The summed E-state index contributed by atoms with van der Waals surface area (Å²) in [4.78, 5) is 0. The molecule has 472 valence electrons. The van der Waals surface area contributed by atoms with Gasteiger partial charge in [-0.2, -0.15) is 0 Å². The van der Waals surface area contributed by atoms with Crippen LogP contribution in [-0.4, -0.2) is 156 Å². The minimum Gasteiger partial charge on any atom is -0.394 e. The normalized spacial score (nSPS) is 27.2. The molecule has 2 saturated heterocycles. The molecule has 79 heavy (non-hydrogen) atoms. The second-order valence-electron chi connectivity index (χ2n) is 24.7. The lowest BCUT2D eigenvalue weighted by Gasteiger charge is -2.58. The standard InChI is InChI=1S/C64H128N2O13/c1-4-6-8-10-12-14-16-18-20-22-24-26-27-29-31-33-35-37-39-41-43-45-47-66-64(76)60(73)58(72)56(52-68)78-63(64,48-53(3)69)79-59-57(71)55(51-67)77-62(75,61(59)74)49-54(70)50-65-46-44-42-40-38-36-34-32-30-28-25-23-21-19-17-15-13-11-9-7-5-2/h53-61,65-76H,4-52H2,1-3H3/t53?,54?,55-,56-,57+,58+,59+,60+,61-,62-,63+,64-/m1/s1. The maximum absolute atomic E-state index is 12.4. The fraction of sp³-hybridized carbons (Fsp3) is 1.00. The highest BCUT2D eigenvalue weighted by Crippen LogP contribution is 2.45. The molecule has 2 unspecified atom stereocenters. The van der Waals surface area contributed by atoms with E-state index in [1.165, 1.54) is 225 Å². The second kappa shape index (κ2) is 46.7. The minimum absolute atomic E-state index is 0.0515. The monoisotopic (exact) mass is 1130 g/mol. The van der Waals surface area contributed by atoms with Crippen LogP contribution in [0.1, 0.15) is 303 Å². The van der Waals surface area contributed by atoms with Crippen molar-refractivity contribution in [3.05, 3.63) is 0 Å². The van der Waals surface area contributed by atoms with Crippen molar-refractivity contribution in [1.82, 2.24) is 10.6 Å². The van der Waals surface area contributed by atoms with Gasteiger partial charge in [0.2, 0.25) is 5.79 Å². The molecule has 2 fully saturated rings. The first kappa shape index (κ1) is 74.5. The summed E-state index contributed by atoms with van der Waals surface area (Å²) in [5, 5.41) is 119. The quantitative estimate of drug-likeness (QED) is 0.0200. The molecule has 0 aromatic carbocycles. The molecule has 0 amide bonds. The molecule has 2 heterocycles. The van der Waals surface area contributed by atoms with E-state index in [2.05, 4.69) is 24.5 Å². The first-order chi connectivity index (χ1) is 38.3. The van der Waals surface area contributed by atoms with Crippen LogP contribution in [0.5, 0.6) is 0 Å². The summed E-state index contributed by atoms with van der Waals surface area (Å²) < 4.78 is 18.1. The Kier molecular flexibility index (Phi) is 44.0. The Morgan fingerprint density at radius 3 is 1.10 bits per heavy atom. The van der Waals surface area contributed by atoms with E-state index in [9.17, 15) is 51.1 Å². The number of aliphatic hydroxyl groups is 10. The number of nitrogens with one attached hydrogen (secondary N) is 2. The van der Waals surface area contributed by atoms with E-state index in [-0.39, 0.29) is 13.1 Å². The van der Waals surface area contributed by atoms with Gasteiger partial charge in [-0.05, 0) is 32.9 Å². The summed E-state index contributed by atoms with van der Waals surface area (Å²) in [5.74, 6) is -5.14. The average molecular weight is 1130 g/mol. The highest BCUT2D eigenvalue weighted by atomic mass is 16.7. The van der Waals surface area contributed by atoms with Gasteiger partial charge in [0.25, 0.3) is 0 Å². The number of hydrogen-bond acceptors (Lipinski definition) is 15. The average Bonchev–Trinajstić information content (AvgIpc) is 3.60. The molecule has 12 atom stereocenters. The van der Waals surface area contributed by atoms with E-state index in [0.717, 1.165) is 44.9 Å². The Balaban J connectivity index is 1.78. The first-order valence-corrected chi connectivity index (χ1v) is 33.5. The summed E-state index contributed by atoms with van der Waals surface area (Å²) >= 11 is 0. The van der Waals surface area contributed by atoms with Gasteiger partial charge >= 0.3 is 0 Å². The predicted octanol–water partition coefficient (Wildman–Crippen LogP) is 10.8. The molecule has 0 spiro atoms.